The number of hydrogen-bond acceptors (Lipinski definition) is 4. The fourth-order valence-electron chi connectivity index (χ4n) is 5.93. The number of aromatic nitrogens is 1. The molecular formula is C37H61N3O2. The number of unbranched alkanes of at least 4 members (excludes halogenated alkanes) is 3. The fraction of sp³-hybridized carbons (Fsp3) is 0.676. The molecule has 2 aliphatic rings. The van der Waals surface area contributed by atoms with Crippen LogP contribution in [-0.2, 0) is 11.2 Å². The minimum atomic E-state index is 0.303. The SMILES string of the molecule is CC.CC.CCCCCN(CCCC)C(=O)CN1CC(c2ccc(C3CC3)c(OCC)c2)CC1CCc1ccccn1. The minimum Gasteiger partial charge on any atom is -0.494 e. The Morgan fingerprint density at radius 1 is 0.952 bits per heavy atom. The van der Waals surface area contributed by atoms with Gasteiger partial charge in [0, 0.05) is 37.6 Å². The Labute approximate surface area is 258 Å². The summed E-state index contributed by atoms with van der Waals surface area (Å²) < 4.78 is 6.10. The molecule has 2 unspecified atom stereocenters. The number of benzene rings is 1. The highest BCUT2D eigenvalue weighted by atomic mass is 16.5. The molecule has 5 heteroatoms. The second kappa shape index (κ2) is 20.5. The molecular weight excluding hydrogens is 518 g/mol. The Morgan fingerprint density at radius 2 is 1.69 bits per heavy atom. The van der Waals surface area contributed by atoms with Crippen molar-refractivity contribution in [2.75, 3.05) is 32.8 Å². The van der Waals surface area contributed by atoms with Gasteiger partial charge in [0.15, 0.2) is 0 Å². The van der Waals surface area contributed by atoms with Crippen molar-refractivity contribution in [3.05, 3.63) is 59.4 Å². The lowest BCUT2D eigenvalue weighted by atomic mass is 9.93. The average Bonchev–Trinajstić information content (AvgIpc) is 3.80. The molecule has 0 radical (unpaired) electrons. The lowest BCUT2D eigenvalue weighted by Gasteiger charge is -2.28. The summed E-state index contributed by atoms with van der Waals surface area (Å²) in [6.45, 7) is 18.4. The first-order valence-electron chi connectivity index (χ1n) is 17.3. The van der Waals surface area contributed by atoms with Crippen LogP contribution in [0.3, 0.4) is 0 Å². The van der Waals surface area contributed by atoms with E-state index in [9.17, 15) is 4.79 Å². The van der Waals surface area contributed by atoms with Crippen LogP contribution in [0.1, 0.15) is 135 Å². The number of nitrogens with zero attached hydrogens (tertiary/aromatic N) is 3. The van der Waals surface area contributed by atoms with Gasteiger partial charge < -0.3 is 9.64 Å². The lowest BCUT2D eigenvalue weighted by molar-refractivity contribution is -0.132. The second-order valence-corrected chi connectivity index (χ2v) is 11.3. The first-order chi connectivity index (χ1) is 20.6. The van der Waals surface area contributed by atoms with Crippen molar-refractivity contribution in [2.45, 2.75) is 131 Å². The molecule has 1 aromatic carbocycles. The van der Waals surface area contributed by atoms with Crippen molar-refractivity contribution >= 4 is 5.91 Å². The van der Waals surface area contributed by atoms with Gasteiger partial charge >= 0.3 is 0 Å². The van der Waals surface area contributed by atoms with Gasteiger partial charge in [-0.05, 0) is 93.0 Å². The molecule has 4 rings (SSSR count). The van der Waals surface area contributed by atoms with E-state index in [1.54, 1.807) is 0 Å². The van der Waals surface area contributed by atoms with Crippen LogP contribution in [0.5, 0.6) is 5.75 Å². The summed E-state index contributed by atoms with van der Waals surface area (Å²) in [5.74, 6) is 2.48. The van der Waals surface area contributed by atoms with E-state index in [0.717, 1.165) is 69.6 Å². The fourth-order valence-corrected chi connectivity index (χ4v) is 5.93. The summed E-state index contributed by atoms with van der Waals surface area (Å²) >= 11 is 0. The Kier molecular flexibility index (Phi) is 17.5. The van der Waals surface area contributed by atoms with Crippen molar-refractivity contribution in [1.29, 1.82) is 0 Å². The van der Waals surface area contributed by atoms with E-state index >= 15 is 0 Å². The molecule has 1 aliphatic carbocycles. The summed E-state index contributed by atoms with van der Waals surface area (Å²) in [6, 6.07) is 13.5. The standard InChI is InChI=1S/C33H49N3O2.2C2H6/c1-4-7-11-21-35(20-8-5-2)33(37)25-36-24-28(22-30(36)17-16-29-12-9-10-19-34-29)27-15-18-31(26-13-14-26)32(23-27)38-6-3;2*1-2/h9-10,12,15,18-19,23,26,28,30H,4-8,11,13-14,16-17,20-22,24-25H2,1-3H3;2*1-2H3. The molecule has 1 saturated heterocycles. The van der Waals surface area contributed by atoms with Gasteiger partial charge in [-0.1, -0.05) is 79.0 Å². The summed E-state index contributed by atoms with van der Waals surface area (Å²) in [5, 5.41) is 0. The van der Waals surface area contributed by atoms with E-state index in [0.29, 0.717) is 36.9 Å². The number of pyridine rings is 1. The number of hydrogen-bond donors (Lipinski definition) is 0. The Hall–Kier alpha value is -2.40. The third-order valence-corrected chi connectivity index (χ3v) is 8.32. The predicted molar refractivity (Wildman–Crippen MR) is 179 cm³/mol. The van der Waals surface area contributed by atoms with Crippen molar-refractivity contribution in [1.82, 2.24) is 14.8 Å². The highest BCUT2D eigenvalue weighted by Gasteiger charge is 2.35. The number of aryl methyl sites for hydroxylation is 1. The van der Waals surface area contributed by atoms with Gasteiger partial charge in [-0.3, -0.25) is 14.7 Å². The molecule has 1 saturated carbocycles. The van der Waals surface area contributed by atoms with Crippen molar-refractivity contribution in [3.8, 4) is 5.75 Å². The topological polar surface area (TPSA) is 45.7 Å². The zero-order valence-corrected chi connectivity index (χ0v) is 28.0. The lowest BCUT2D eigenvalue weighted by Crippen LogP contribution is -2.43. The molecule has 2 aromatic rings. The average molecular weight is 580 g/mol. The van der Waals surface area contributed by atoms with Crippen LogP contribution in [0, 0.1) is 0 Å². The first kappa shape index (κ1) is 35.8. The van der Waals surface area contributed by atoms with Gasteiger partial charge in [-0.25, -0.2) is 0 Å². The Morgan fingerprint density at radius 3 is 2.33 bits per heavy atom. The molecule has 2 fully saturated rings. The zero-order chi connectivity index (χ0) is 30.7. The molecule has 0 N–H and O–H groups in total. The van der Waals surface area contributed by atoms with E-state index in [1.165, 1.54) is 36.8 Å². The van der Waals surface area contributed by atoms with Crippen molar-refractivity contribution in [2.24, 2.45) is 0 Å². The first-order valence-corrected chi connectivity index (χ1v) is 17.3. The largest absolute Gasteiger partial charge is 0.494 e. The summed E-state index contributed by atoms with van der Waals surface area (Å²) in [7, 11) is 0. The van der Waals surface area contributed by atoms with E-state index < -0.39 is 0 Å². The van der Waals surface area contributed by atoms with Crippen LogP contribution in [-0.4, -0.2) is 59.5 Å². The van der Waals surface area contributed by atoms with Crippen LogP contribution in [0.4, 0.5) is 0 Å². The summed E-state index contributed by atoms with van der Waals surface area (Å²) in [4.78, 5) is 22.8. The van der Waals surface area contributed by atoms with Crippen LogP contribution < -0.4 is 4.74 Å². The maximum atomic E-state index is 13.6. The van der Waals surface area contributed by atoms with E-state index in [2.05, 4.69) is 65.9 Å². The number of carbonyl (C=O) groups excluding carboxylic acids is 1. The maximum Gasteiger partial charge on any atom is 0.236 e. The maximum absolute atomic E-state index is 13.6. The van der Waals surface area contributed by atoms with Crippen LogP contribution in [0.2, 0.25) is 0 Å². The third-order valence-electron chi connectivity index (χ3n) is 8.32. The molecule has 1 aliphatic heterocycles. The molecule has 236 valence electrons. The van der Waals surface area contributed by atoms with Crippen LogP contribution >= 0.6 is 0 Å². The predicted octanol–water partition coefficient (Wildman–Crippen LogP) is 9.02. The molecule has 42 heavy (non-hydrogen) atoms. The minimum absolute atomic E-state index is 0.303. The van der Waals surface area contributed by atoms with E-state index in [-0.39, 0.29) is 0 Å². The second-order valence-electron chi connectivity index (χ2n) is 11.3. The monoisotopic (exact) mass is 579 g/mol. The number of amides is 1. The van der Waals surface area contributed by atoms with Gasteiger partial charge in [0.1, 0.15) is 5.75 Å². The zero-order valence-electron chi connectivity index (χ0n) is 28.0. The molecule has 0 spiro atoms. The van der Waals surface area contributed by atoms with Gasteiger partial charge in [0.05, 0.1) is 13.2 Å². The molecule has 2 heterocycles. The highest BCUT2D eigenvalue weighted by Crippen LogP contribution is 2.46. The highest BCUT2D eigenvalue weighted by molar-refractivity contribution is 5.78. The number of likely N-dealkylation sites (tertiary alicyclic amines) is 1. The van der Waals surface area contributed by atoms with Gasteiger partial charge in [0.25, 0.3) is 0 Å². The molecule has 1 amide bonds. The Bertz CT molecular complexity index is 992. The van der Waals surface area contributed by atoms with Crippen LogP contribution in [0.15, 0.2) is 42.6 Å². The van der Waals surface area contributed by atoms with E-state index in [1.807, 2.05) is 40.0 Å². The van der Waals surface area contributed by atoms with Crippen molar-refractivity contribution in [3.63, 3.8) is 0 Å². The molecule has 1 aromatic heterocycles. The van der Waals surface area contributed by atoms with Gasteiger partial charge in [-0.2, -0.15) is 0 Å². The van der Waals surface area contributed by atoms with Gasteiger partial charge in [-0.15, -0.1) is 0 Å². The summed E-state index contributed by atoms with van der Waals surface area (Å²) in [5.41, 5.74) is 3.88. The van der Waals surface area contributed by atoms with Crippen LogP contribution in [0.25, 0.3) is 0 Å². The quantitative estimate of drug-likeness (QED) is 0.186. The Balaban J connectivity index is 0.00000148. The third kappa shape index (κ3) is 11.4. The molecule has 2 atom stereocenters. The molecule has 0 bridgehead atoms. The molecule has 5 nitrogen and oxygen atoms in total. The smallest absolute Gasteiger partial charge is 0.236 e. The summed E-state index contributed by atoms with van der Waals surface area (Å²) in [6.07, 6.45) is 13.2. The number of rotatable bonds is 16. The number of ether oxygens (including phenoxy) is 1. The van der Waals surface area contributed by atoms with Gasteiger partial charge in [0.2, 0.25) is 5.91 Å². The normalized spacial score (nSPS) is 18.0. The van der Waals surface area contributed by atoms with E-state index in [4.69, 9.17) is 4.74 Å². The van der Waals surface area contributed by atoms with Crippen molar-refractivity contribution < 1.29 is 9.53 Å². The number of carbonyl (C=O) groups is 1.